The maximum Gasteiger partial charge on any atom is 0.217 e. The van der Waals surface area contributed by atoms with E-state index in [4.69, 9.17) is 52.1 Å². The fourth-order valence-corrected chi connectivity index (χ4v) is 9.58. The topological polar surface area (TPSA) is 533 Å². The highest BCUT2D eigenvalue weighted by molar-refractivity contribution is 5.74. The highest BCUT2D eigenvalue weighted by atomic mass is 16.8. The molecule has 0 bridgehead atoms. The first-order valence-corrected chi connectivity index (χ1v) is 24.1. The van der Waals surface area contributed by atoms with E-state index in [2.05, 4.69) is 16.0 Å². The van der Waals surface area contributed by atoms with Crippen LogP contribution in [-0.2, 0) is 66.5 Å². The van der Waals surface area contributed by atoms with Gasteiger partial charge >= 0.3 is 0 Å². The summed E-state index contributed by atoms with van der Waals surface area (Å²) in [6.07, 6.45) is -51.8. The van der Waals surface area contributed by atoms with Crippen LogP contribution < -0.4 is 16.0 Å². The van der Waals surface area contributed by atoms with Crippen molar-refractivity contribution >= 4 is 17.7 Å². The van der Waals surface area contributed by atoms with Gasteiger partial charge in [-0.2, -0.15) is 0 Å². The fraction of sp³-hybridized carbons (Fsp3) is 0.929. The third-order valence-corrected chi connectivity index (χ3v) is 13.6. The standard InChI is InChI=1S/C42H71N3O31/c1-10(51)43-19-27(59)22(54)13(4-46)68-38(19)73-33-17(8-50)72-41(36(31(33)63)76-40-21(45-12(3)53)29(61)24(56)15(6-48)70-40)66-9-18-26(58)34(32(64)37(65)67-18)74-42-35(30(62)25(57)16(7-49)71-42)75-39-20(44-11(2)52)28(60)23(55)14(5-47)69-39/h13-42,46-50,54-65H,4-9H2,1-3H3,(H,43,51)(H,44,52)(H,45,53)/t13-,14-,15-,16-,17-,18-,19-,20-,21-,22-,23-,24-,25-,26-,27-,28-,29-,30+,31+,32+,33-,34+,35+,36+,37+,38+,39+,40+,41+,42-/m1/s1. The second kappa shape index (κ2) is 27.2. The molecule has 3 amide bonds. The van der Waals surface area contributed by atoms with E-state index < -0.39 is 241 Å². The van der Waals surface area contributed by atoms with Crippen LogP contribution in [0.5, 0.6) is 0 Å². The van der Waals surface area contributed by atoms with E-state index in [0.717, 1.165) is 20.8 Å². The van der Waals surface area contributed by atoms with Crippen molar-refractivity contribution in [2.75, 3.05) is 39.6 Å². The Morgan fingerprint density at radius 2 is 0.671 bits per heavy atom. The lowest BCUT2D eigenvalue weighted by Gasteiger charge is -2.50. The van der Waals surface area contributed by atoms with Gasteiger partial charge in [-0.25, -0.2) is 0 Å². The van der Waals surface area contributed by atoms with Crippen LogP contribution in [0.2, 0.25) is 0 Å². The first-order chi connectivity index (χ1) is 35.9. The molecular formula is C42H71N3O31. The number of nitrogens with one attached hydrogen (secondary N) is 3. The monoisotopic (exact) mass is 1110 g/mol. The molecule has 0 aromatic carbocycles. The molecule has 76 heavy (non-hydrogen) atoms. The molecule has 30 atom stereocenters. The Balaban J connectivity index is 1.29. The van der Waals surface area contributed by atoms with Crippen molar-refractivity contribution in [3.8, 4) is 0 Å². The predicted octanol–water partition coefficient (Wildman–Crippen LogP) is -13.7. The lowest BCUT2D eigenvalue weighted by atomic mass is 9.94. The summed E-state index contributed by atoms with van der Waals surface area (Å²) in [5.41, 5.74) is 0. The molecule has 440 valence electrons. The van der Waals surface area contributed by atoms with E-state index in [1.165, 1.54) is 0 Å². The Morgan fingerprint density at radius 1 is 0.342 bits per heavy atom. The maximum atomic E-state index is 12.3. The summed E-state index contributed by atoms with van der Waals surface area (Å²) in [7, 11) is 0. The zero-order chi connectivity index (χ0) is 56.2. The number of rotatable bonds is 19. The minimum Gasteiger partial charge on any atom is -0.394 e. The van der Waals surface area contributed by atoms with E-state index in [0.29, 0.717) is 0 Å². The third kappa shape index (κ3) is 13.7. The number of aliphatic hydroxyl groups is 17. The molecular weight excluding hydrogens is 1040 g/mol. The molecule has 0 spiro atoms. The number of amides is 3. The normalized spacial score (nSPS) is 48.2. The van der Waals surface area contributed by atoms with Crippen LogP contribution in [0, 0.1) is 0 Å². The van der Waals surface area contributed by atoms with Crippen LogP contribution in [0.15, 0.2) is 0 Å². The molecule has 0 aliphatic carbocycles. The van der Waals surface area contributed by atoms with Gasteiger partial charge in [-0.1, -0.05) is 0 Å². The van der Waals surface area contributed by atoms with Crippen molar-refractivity contribution in [1.82, 2.24) is 16.0 Å². The lowest BCUT2D eigenvalue weighted by molar-refractivity contribution is -0.388. The van der Waals surface area contributed by atoms with Gasteiger partial charge in [-0.05, 0) is 0 Å². The summed E-state index contributed by atoms with van der Waals surface area (Å²) in [6.45, 7) is -2.65. The number of carbonyl (C=O) groups is 3. The van der Waals surface area contributed by atoms with Crippen molar-refractivity contribution in [3.05, 3.63) is 0 Å². The summed E-state index contributed by atoms with van der Waals surface area (Å²) in [5, 5.41) is 190. The SMILES string of the molecule is CC(=O)N[C@H]1[C@H](O[C@@H]2[C@@H](OC[C@H]3O[C@H](O)[C@@H](O)[C@@H](O[C@H]4O[C@H](CO)[C@@H](O)[C@H](O)[C@@H]4O[C@@H]4O[C@H](CO)[C@@H](O)[C@H](O)[C@H]4NC(C)=O)[C@@H]3O)O[C@H](CO)[C@@H](O[C@@H]3O[C@H](CO)[C@@H](O)[C@H](O)[C@H]3NC(C)=O)[C@@H]2O)O[C@H](CO)[C@@H](O)[C@@H]1O. The van der Waals surface area contributed by atoms with E-state index in [1.807, 2.05) is 0 Å². The molecule has 6 aliphatic heterocycles. The molecule has 6 rings (SSSR count). The molecule has 20 N–H and O–H groups in total. The summed E-state index contributed by atoms with van der Waals surface area (Å²) >= 11 is 0. The van der Waals surface area contributed by atoms with Crippen LogP contribution in [0.4, 0.5) is 0 Å². The van der Waals surface area contributed by atoms with Crippen molar-refractivity contribution in [2.24, 2.45) is 0 Å². The average molecular weight is 1110 g/mol. The smallest absolute Gasteiger partial charge is 0.217 e. The third-order valence-electron chi connectivity index (χ3n) is 13.6. The van der Waals surface area contributed by atoms with Crippen LogP contribution in [-0.4, -0.2) is 328 Å². The predicted molar refractivity (Wildman–Crippen MR) is 234 cm³/mol. The summed E-state index contributed by atoms with van der Waals surface area (Å²) in [4.78, 5) is 36.7. The average Bonchev–Trinajstić information content (AvgIpc) is 3.37. The fourth-order valence-electron chi connectivity index (χ4n) is 9.58. The minimum absolute atomic E-state index is 0.769. The molecule has 6 heterocycles. The molecule has 6 saturated heterocycles. The quantitative estimate of drug-likeness (QED) is 0.0571. The molecule has 0 unspecified atom stereocenters. The zero-order valence-electron chi connectivity index (χ0n) is 40.9. The van der Waals surface area contributed by atoms with Crippen LogP contribution in [0.3, 0.4) is 0 Å². The van der Waals surface area contributed by atoms with E-state index in [9.17, 15) is 101 Å². The highest BCUT2D eigenvalue weighted by Gasteiger charge is 2.58. The van der Waals surface area contributed by atoms with Gasteiger partial charge in [0.05, 0.1) is 39.6 Å². The zero-order valence-corrected chi connectivity index (χ0v) is 40.9. The second-order valence-electron chi connectivity index (χ2n) is 19.0. The maximum absolute atomic E-state index is 12.3. The molecule has 34 nitrogen and oxygen atoms in total. The number of carbonyl (C=O) groups excluding carboxylic acids is 3. The van der Waals surface area contributed by atoms with E-state index in [1.54, 1.807) is 0 Å². The number of hydrogen-bond acceptors (Lipinski definition) is 31. The summed E-state index contributed by atoms with van der Waals surface area (Å²) in [6, 6.07) is -4.93. The molecule has 0 aromatic heterocycles. The van der Waals surface area contributed by atoms with Crippen LogP contribution in [0.1, 0.15) is 20.8 Å². The van der Waals surface area contributed by atoms with Gasteiger partial charge in [0.25, 0.3) is 0 Å². The van der Waals surface area contributed by atoms with Gasteiger partial charge in [0, 0.05) is 20.8 Å². The highest BCUT2D eigenvalue weighted by Crippen LogP contribution is 2.36. The Kier molecular flexibility index (Phi) is 22.3. The first-order valence-electron chi connectivity index (χ1n) is 24.1. The molecule has 6 fully saturated rings. The Hall–Kier alpha value is -2.71. The van der Waals surface area contributed by atoms with Gasteiger partial charge in [0.1, 0.15) is 146 Å². The first kappa shape index (κ1) is 62.5. The van der Waals surface area contributed by atoms with Gasteiger partial charge in [-0.15, -0.1) is 0 Å². The molecule has 0 aromatic rings. The second-order valence-corrected chi connectivity index (χ2v) is 19.0. The van der Waals surface area contributed by atoms with Crippen molar-refractivity contribution in [1.29, 1.82) is 0 Å². The Labute approximate surface area is 431 Å². The summed E-state index contributed by atoms with van der Waals surface area (Å²) in [5.74, 6) is -2.35. The van der Waals surface area contributed by atoms with Crippen LogP contribution >= 0.6 is 0 Å². The minimum atomic E-state index is -2.28. The van der Waals surface area contributed by atoms with Gasteiger partial charge < -0.3 is 155 Å². The van der Waals surface area contributed by atoms with Crippen molar-refractivity contribution < 1.29 is 153 Å². The molecule has 0 radical (unpaired) electrons. The number of hydrogen-bond donors (Lipinski definition) is 20. The number of ether oxygens (including phenoxy) is 11. The van der Waals surface area contributed by atoms with Crippen molar-refractivity contribution in [2.45, 2.75) is 205 Å². The van der Waals surface area contributed by atoms with Crippen LogP contribution in [0.25, 0.3) is 0 Å². The lowest BCUT2D eigenvalue weighted by Crippen LogP contribution is -2.69. The van der Waals surface area contributed by atoms with E-state index >= 15 is 0 Å². The van der Waals surface area contributed by atoms with Gasteiger partial charge in [0.15, 0.2) is 37.7 Å². The van der Waals surface area contributed by atoms with Gasteiger partial charge in [0.2, 0.25) is 17.7 Å². The van der Waals surface area contributed by atoms with Gasteiger partial charge in [-0.3, -0.25) is 14.4 Å². The molecule has 6 aliphatic rings. The molecule has 34 heteroatoms. The Bertz CT molecular complexity index is 1870. The van der Waals surface area contributed by atoms with Crippen molar-refractivity contribution in [3.63, 3.8) is 0 Å². The largest absolute Gasteiger partial charge is 0.394 e. The molecule has 0 saturated carbocycles. The number of aliphatic hydroxyl groups excluding tert-OH is 17. The summed E-state index contributed by atoms with van der Waals surface area (Å²) < 4.78 is 63.8. The Morgan fingerprint density at radius 3 is 1.05 bits per heavy atom. The van der Waals surface area contributed by atoms with E-state index in [-0.39, 0.29) is 0 Å².